The van der Waals surface area contributed by atoms with Crippen molar-refractivity contribution in [3.8, 4) is 11.1 Å². The Bertz CT molecular complexity index is 570. The largest absolute Gasteiger partial charge is 0.316 e. The van der Waals surface area contributed by atoms with Gasteiger partial charge in [-0.25, -0.2) is 8.78 Å². The van der Waals surface area contributed by atoms with Gasteiger partial charge in [-0.2, -0.15) is 0 Å². The van der Waals surface area contributed by atoms with E-state index in [4.69, 9.17) is 0 Å². The van der Waals surface area contributed by atoms with Crippen LogP contribution >= 0.6 is 15.9 Å². The second-order valence-electron chi connectivity index (χ2n) is 3.96. The molecule has 2 aromatic carbocycles. The zero-order valence-corrected chi connectivity index (χ0v) is 11.4. The minimum atomic E-state index is -0.362. The van der Waals surface area contributed by atoms with Crippen LogP contribution in [0.1, 0.15) is 5.56 Å². The highest BCUT2D eigenvalue weighted by Crippen LogP contribution is 2.27. The van der Waals surface area contributed by atoms with Crippen molar-refractivity contribution in [1.82, 2.24) is 5.32 Å². The number of hydrogen-bond acceptors (Lipinski definition) is 1. The zero-order valence-electron chi connectivity index (χ0n) is 9.81. The maximum absolute atomic E-state index is 13.8. The summed E-state index contributed by atoms with van der Waals surface area (Å²) in [5, 5.41) is 2.88. The second kappa shape index (κ2) is 5.59. The molecule has 0 radical (unpaired) electrons. The molecule has 0 fully saturated rings. The predicted molar refractivity (Wildman–Crippen MR) is 72.3 cm³/mol. The third kappa shape index (κ3) is 2.76. The Labute approximate surface area is 113 Å². The molecule has 0 aromatic heterocycles. The van der Waals surface area contributed by atoms with E-state index in [1.807, 2.05) is 0 Å². The van der Waals surface area contributed by atoms with Gasteiger partial charge in [-0.15, -0.1) is 0 Å². The van der Waals surface area contributed by atoms with Crippen LogP contribution in [-0.2, 0) is 6.54 Å². The summed E-state index contributed by atoms with van der Waals surface area (Å²) in [6, 6.07) is 9.37. The molecule has 0 amide bonds. The Morgan fingerprint density at radius 3 is 2.50 bits per heavy atom. The summed E-state index contributed by atoms with van der Waals surface area (Å²) in [5.41, 5.74) is 1.49. The number of rotatable bonds is 3. The molecule has 1 nitrogen and oxygen atoms in total. The molecule has 4 heteroatoms. The van der Waals surface area contributed by atoms with Gasteiger partial charge in [-0.3, -0.25) is 0 Å². The van der Waals surface area contributed by atoms with Crippen LogP contribution in [0.15, 0.2) is 40.9 Å². The standard InChI is InChI=1S/C14H12BrF2N/c1-18-8-10-3-2-9(6-14(10)17)12-7-11(15)4-5-13(12)16/h2-7,18H,8H2,1H3. The zero-order chi connectivity index (χ0) is 13.1. The molecule has 0 spiro atoms. The highest BCUT2D eigenvalue weighted by Gasteiger charge is 2.09. The van der Waals surface area contributed by atoms with E-state index in [1.165, 1.54) is 12.1 Å². The molecule has 0 saturated heterocycles. The molecule has 94 valence electrons. The molecule has 1 N–H and O–H groups in total. The molecular formula is C14H12BrF2N. The lowest BCUT2D eigenvalue weighted by Gasteiger charge is -2.07. The summed E-state index contributed by atoms with van der Waals surface area (Å²) in [5.74, 6) is -0.694. The van der Waals surface area contributed by atoms with Crippen molar-refractivity contribution < 1.29 is 8.78 Å². The van der Waals surface area contributed by atoms with Crippen LogP contribution in [0, 0.1) is 11.6 Å². The third-order valence-electron chi connectivity index (χ3n) is 2.66. The lowest BCUT2D eigenvalue weighted by molar-refractivity contribution is 0.600. The average Bonchev–Trinajstić information content (AvgIpc) is 2.35. The van der Waals surface area contributed by atoms with Gasteiger partial charge >= 0.3 is 0 Å². The first-order chi connectivity index (χ1) is 8.61. The summed E-state index contributed by atoms with van der Waals surface area (Å²) < 4.78 is 28.2. The maximum Gasteiger partial charge on any atom is 0.131 e. The smallest absolute Gasteiger partial charge is 0.131 e. The van der Waals surface area contributed by atoms with Gasteiger partial charge in [-0.05, 0) is 36.9 Å². The third-order valence-corrected chi connectivity index (χ3v) is 3.15. The minimum Gasteiger partial charge on any atom is -0.316 e. The SMILES string of the molecule is CNCc1ccc(-c2cc(Br)ccc2F)cc1F. The van der Waals surface area contributed by atoms with Crippen molar-refractivity contribution in [1.29, 1.82) is 0 Å². The van der Waals surface area contributed by atoms with E-state index in [-0.39, 0.29) is 11.6 Å². The molecule has 0 heterocycles. The predicted octanol–water partition coefficient (Wildman–Crippen LogP) is 4.11. The monoisotopic (exact) mass is 311 g/mol. The van der Waals surface area contributed by atoms with Crippen LogP contribution in [0.25, 0.3) is 11.1 Å². The van der Waals surface area contributed by atoms with Crippen molar-refractivity contribution in [2.45, 2.75) is 6.54 Å². The van der Waals surface area contributed by atoms with Gasteiger partial charge in [0.05, 0.1) is 0 Å². The fourth-order valence-electron chi connectivity index (χ4n) is 1.77. The van der Waals surface area contributed by atoms with Gasteiger partial charge in [0.25, 0.3) is 0 Å². The Hall–Kier alpha value is -1.26. The van der Waals surface area contributed by atoms with Crippen LogP contribution < -0.4 is 5.32 Å². The highest BCUT2D eigenvalue weighted by atomic mass is 79.9. The summed E-state index contributed by atoms with van der Waals surface area (Å²) >= 11 is 3.28. The van der Waals surface area contributed by atoms with Gasteiger partial charge < -0.3 is 5.32 Å². The lowest BCUT2D eigenvalue weighted by Crippen LogP contribution is -2.06. The van der Waals surface area contributed by atoms with Gasteiger partial charge in [0, 0.05) is 22.1 Å². The Balaban J connectivity index is 2.45. The Kier molecular flexibility index (Phi) is 4.09. The van der Waals surface area contributed by atoms with E-state index in [0.29, 0.717) is 23.2 Å². The number of hydrogen-bond donors (Lipinski definition) is 1. The first-order valence-electron chi connectivity index (χ1n) is 5.50. The minimum absolute atomic E-state index is 0.332. The van der Waals surface area contributed by atoms with Gasteiger partial charge in [0.1, 0.15) is 11.6 Å². The van der Waals surface area contributed by atoms with Crippen LogP contribution in [0.5, 0.6) is 0 Å². The van der Waals surface area contributed by atoms with E-state index in [0.717, 1.165) is 4.47 Å². The Morgan fingerprint density at radius 1 is 1.06 bits per heavy atom. The lowest BCUT2D eigenvalue weighted by atomic mass is 10.0. The van der Waals surface area contributed by atoms with Crippen molar-refractivity contribution in [3.63, 3.8) is 0 Å². The van der Waals surface area contributed by atoms with Crippen molar-refractivity contribution in [2.24, 2.45) is 0 Å². The van der Waals surface area contributed by atoms with Gasteiger partial charge in [0.2, 0.25) is 0 Å². The Morgan fingerprint density at radius 2 is 1.83 bits per heavy atom. The summed E-state index contributed by atoms with van der Waals surface area (Å²) in [4.78, 5) is 0. The van der Waals surface area contributed by atoms with Crippen LogP contribution in [0.2, 0.25) is 0 Å². The maximum atomic E-state index is 13.8. The first-order valence-corrected chi connectivity index (χ1v) is 6.29. The summed E-state index contributed by atoms with van der Waals surface area (Å²) in [7, 11) is 1.75. The number of benzene rings is 2. The van der Waals surface area contributed by atoms with Crippen LogP contribution in [0.4, 0.5) is 8.78 Å². The molecule has 2 aromatic rings. The number of nitrogens with one attached hydrogen (secondary N) is 1. The van der Waals surface area contributed by atoms with Gasteiger partial charge in [0.15, 0.2) is 0 Å². The van der Waals surface area contributed by atoms with Crippen molar-refractivity contribution in [3.05, 3.63) is 58.1 Å². The normalized spacial score (nSPS) is 10.7. The second-order valence-corrected chi connectivity index (χ2v) is 4.88. The van der Waals surface area contributed by atoms with Crippen molar-refractivity contribution in [2.75, 3.05) is 7.05 Å². The molecule has 0 aliphatic carbocycles. The molecule has 0 unspecified atom stereocenters. The molecular weight excluding hydrogens is 300 g/mol. The molecule has 0 bridgehead atoms. The van der Waals surface area contributed by atoms with E-state index in [9.17, 15) is 8.78 Å². The first kappa shape index (κ1) is 13.2. The molecule has 18 heavy (non-hydrogen) atoms. The topological polar surface area (TPSA) is 12.0 Å². The molecule has 0 saturated carbocycles. The fraction of sp³-hybridized carbons (Fsp3) is 0.143. The highest BCUT2D eigenvalue weighted by molar-refractivity contribution is 9.10. The van der Waals surface area contributed by atoms with E-state index < -0.39 is 0 Å². The molecule has 0 aliphatic rings. The fourth-order valence-corrected chi connectivity index (χ4v) is 2.13. The van der Waals surface area contributed by atoms with Crippen molar-refractivity contribution >= 4 is 15.9 Å². The molecule has 0 atom stereocenters. The average molecular weight is 312 g/mol. The molecule has 0 aliphatic heterocycles. The quantitative estimate of drug-likeness (QED) is 0.899. The van der Waals surface area contributed by atoms with E-state index in [2.05, 4.69) is 21.2 Å². The summed E-state index contributed by atoms with van der Waals surface area (Å²) in [6.07, 6.45) is 0. The molecule has 2 rings (SSSR count). The van der Waals surface area contributed by atoms with Crippen LogP contribution in [0.3, 0.4) is 0 Å². The number of halogens is 3. The van der Waals surface area contributed by atoms with Gasteiger partial charge in [-0.1, -0.05) is 28.1 Å². The van der Waals surface area contributed by atoms with E-state index in [1.54, 1.807) is 31.3 Å². The summed E-state index contributed by atoms with van der Waals surface area (Å²) in [6.45, 7) is 0.451. The van der Waals surface area contributed by atoms with Crippen LogP contribution in [-0.4, -0.2) is 7.05 Å². The van der Waals surface area contributed by atoms with E-state index >= 15 is 0 Å².